The van der Waals surface area contributed by atoms with E-state index in [1.807, 2.05) is 25.1 Å². The summed E-state index contributed by atoms with van der Waals surface area (Å²) < 4.78 is 10.6. The molecule has 0 aliphatic heterocycles. The minimum absolute atomic E-state index is 0.146. The van der Waals surface area contributed by atoms with Gasteiger partial charge in [0.15, 0.2) is 0 Å². The lowest BCUT2D eigenvalue weighted by atomic mass is 10.1. The average molecular weight is 279 g/mol. The second kappa shape index (κ2) is 6.08. The highest BCUT2D eigenvalue weighted by Crippen LogP contribution is 2.29. The monoisotopic (exact) mass is 279 g/mol. The summed E-state index contributed by atoms with van der Waals surface area (Å²) >= 11 is 1.45. The summed E-state index contributed by atoms with van der Waals surface area (Å²) in [6.45, 7) is 3.80. The largest absolute Gasteiger partial charge is 0.496 e. The number of nitrogens with zero attached hydrogens (tertiary/aromatic N) is 2. The van der Waals surface area contributed by atoms with Gasteiger partial charge in [-0.25, -0.2) is 0 Å². The minimum Gasteiger partial charge on any atom is -0.496 e. The highest BCUT2D eigenvalue weighted by atomic mass is 32.2. The third-order valence-electron chi connectivity index (χ3n) is 2.68. The molecule has 1 aromatic heterocycles. The third kappa shape index (κ3) is 3.48. The molecule has 0 spiro atoms. The fourth-order valence-corrected chi connectivity index (χ4v) is 2.51. The quantitative estimate of drug-likeness (QED) is 0.848. The van der Waals surface area contributed by atoms with Crippen LogP contribution in [0.1, 0.15) is 23.1 Å². The second-order valence-corrected chi connectivity index (χ2v) is 5.22. The molecule has 0 aliphatic rings. The average Bonchev–Trinajstić information content (AvgIpc) is 2.81. The van der Waals surface area contributed by atoms with Gasteiger partial charge in [0.25, 0.3) is 5.22 Å². The van der Waals surface area contributed by atoms with Crippen LogP contribution in [0.15, 0.2) is 27.8 Å². The molecule has 1 aromatic carbocycles. The standard InChI is InChI=1S/C13H17N3O2S/c1-8-4-5-12(17-3)10(6-8)11(14)7-19-13-16-15-9(2)18-13/h4-6,11H,7,14H2,1-3H3. The lowest BCUT2D eigenvalue weighted by molar-refractivity contribution is 0.406. The van der Waals surface area contributed by atoms with Crippen LogP contribution in [0.2, 0.25) is 0 Å². The zero-order valence-electron chi connectivity index (χ0n) is 11.2. The van der Waals surface area contributed by atoms with Gasteiger partial charge in [-0.05, 0) is 13.0 Å². The number of methoxy groups -OCH3 is 1. The lowest BCUT2D eigenvalue weighted by Gasteiger charge is -2.15. The van der Waals surface area contributed by atoms with Gasteiger partial charge in [0.05, 0.1) is 7.11 Å². The Morgan fingerprint density at radius 3 is 2.79 bits per heavy atom. The van der Waals surface area contributed by atoms with E-state index in [-0.39, 0.29) is 6.04 Å². The molecule has 0 saturated heterocycles. The normalized spacial score (nSPS) is 12.4. The van der Waals surface area contributed by atoms with Crippen LogP contribution in [0.25, 0.3) is 0 Å². The van der Waals surface area contributed by atoms with Crippen molar-refractivity contribution in [3.05, 3.63) is 35.2 Å². The van der Waals surface area contributed by atoms with Crippen LogP contribution in [0.5, 0.6) is 5.75 Å². The Bertz CT molecular complexity index is 557. The van der Waals surface area contributed by atoms with E-state index in [4.69, 9.17) is 14.9 Å². The molecule has 0 aliphatic carbocycles. The number of aromatic nitrogens is 2. The van der Waals surface area contributed by atoms with Crippen molar-refractivity contribution in [3.8, 4) is 5.75 Å². The van der Waals surface area contributed by atoms with Gasteiger partial charge in [0.2, 0.25) is 5.89 Å². The van der Waals surface area contributed by atoms with Crippen LogP contribution >= 0.6 is 11.8 Å². The van der Waals surface area contributed by atoms with E-state index in [9.17, 15) is 0 Å². The molecule has 1 unspecified atom stereocenters. The molecule has 6 heteroatoms. The zero-order valence-corrected chi connectivity index (χ0v) is 12.0. The summed E-state index contributed by atoms with van der Waals surface area (Å²) in [7, 11) is 1.65. The van der Waals surface area contributed by atoms with E-state index >= 15 is 0 Å². The van der Waals surface area contributed by atoms with E-state index < -0.39 is 0 Å². The van der Waals surface area contributed by atoms with Gasteiger partial charge in [-0.1, -0.05) is 29.5 Å². The second-order valence-electron chi connectivity index (χ2n) is 4.25. The van der Waals surface area contributed by atoms with Crippen molar-refractivity contribution in [2.45, 2.75) is 25.1 Å². The van der Waals surface area contributed by atoms with Crippen LogP contribution in [0.4, 0.5) is 0 Å². The number of benzene rings is 1. The Morgan fingerprint density at radius 2 is 2.16 bits per heavy atom. The predicted octanol–water partition coefficient (Wildman–Crippen LogP) is 2.49. The molecule has 5 nitrogen and oxygen atoms in total. The highest BCUT2D eigenvalue weighted by Gasteiger charge is 2.14. The Balaban J connectivity index is 2.06. The topological polar surface area (TPSA) is 74.2 Å². The molecule has 1 heterocycles. The molecular weight excluding hydrogens is 262 g/mol. The SMILES string of the molecule is COc1ccc(C)cc1C(N)CSc1nnc(C)o1. The maximum atomic E-state index is 6.20. The molecule has 0 saturated carbocycles. The van der Waals surface area contributed by atoms with Crippen LogP contribution in [-0.4, -0.2) is 23.1 Å². The maximum Gasteiger partial charge on any atom is 0.276 e. The predicted molar refractivity (Wildman–Crippen MR) is 74.4 cm³/mol. The number of hydrogen-bond donors (Lipinski definition) is 1. The molecule has 19 heavy (non-hydrogen) atoms. The number of aryl methyl sites for hydroxylation is 2. The molecule has 2 N–H and O–H groups in total. The number of nitrogens with two attached hydrogens (primary N) is 1. The first kappa shape index (κ1) is 13.9. The Hall–Kier alpha value is -1.53. The van der Waals surface area contributed by atoms with Crippen molar-refractivity contribution < 1.29 is 9.15 Å². The molecule has 1 atom stereocenters. The lowest BCUT2D eigenvalue weighted by Crippen LogP contribution is -2.14. The van der Waals surface area contributed by atoms with Crippen molar-refractivity contribution in [1.29, 1.82) is 0 Å². The Kier molecular flexibility index (Phi) is 4.44. The van der Waals surface area contributed by atoms with Crippen molar-refractivity contribution in [3.63, 3.8) is 0 Å². The van der Waals surface area contributed by atoms with Gasteiger partial charge < -0.3 is 14.9 Å². The summed E-state index contributed by atoms with van der Waals surface area (Å²) in [5.74, 6) is 2.02. The van der Waals surface area contributed by atoms with E-state index in [0.717, 1.165) is 16.9 Å². The Morgan fingerprint density at radius 1 is 1.37 bits per heavy atom. The van der Waals surface area contributed by atoms with Gasteiger partial charge in [-0.3, -0.25) is 0 Å². The fraction of sp³-hybridized carbons (Fsp3) is 0.385. The van der Waals surface area contributed by atoms with Crippen LogP contribution < -0.4 is 10.5 Å². The molecular formula is C13H17N3O2S. The van der Waals surface area contributed by atoms with E-state index in [1.54, 1.807) is 14.0 Å². The third-order valence-corrected chi connectivity index (χ3v) is 3.62. The molecule has 2 rings (SSSR count). The van der Waals surface area contributed by atoms with E-state index in [1.165, 1.54) is 11.8 Å². The van der Waals surface area contributed by atoms with E-state index in [0.29, 0.717) is 16.9 Å². The van der Waals surface area contributed by atoms with Gasteiger partial charge in [0.1, 0.15) is 5.75 Å². The first-order chi connectivity index (χ1) is 9.10. The molecule has 0 fully saturated rings. The van der Waals surface area contributed by atoms with Gasteiger partial charge in [0, 0.05) is 24.3 Å². The van der Waals surface area contributed by atoms with Crippen LogP contribution in [0.3, 0.4) is 0 Å². The molecule has 0 bridgehead atoms. The van der Waals surface area contributed by atoms with Gasteiger partial charge >= 0.3 is 0 Å². The summed E-state index contributed by atoms with van der Waals surface area (Å²) in [5, 5.41) is 8.25. The molecule has 2 aromatic rings. The fourth-order valence-electron chi connectivity index (χ4n) is 1.73. The van der Waals surface area contributed by atoms with Crippen molar-refractivity contribution in [2.75, 3.05) is 12.9 Å². The van der Waals surface area contributed by atoms with Gasteiger partial charge in [-0.2, -0.15) is 0 Å². The summed E-state index contributed by atoms with van der Waals surface area (Å²) in [6.07, 6.45) is 0. The van der Waals surface area contributed by atoms with E-state index in [2.05, 4.69) is 10.2 Å². The first-order valence-corrected chi connectivity index (χ1v) is 6.91. The molecule has 0 amide bonds. The number of hydrogen-bond acceptors (Lipinski definition) is 6. The smallest absolute Gasteiger partial charge is 0.276 e. The Labute approximate surface area is 116 Å². The first-order valence-electron chi connectivity index (χ1n) is 5.93. The minimum atomic E-state index is -0.146. The van der Waals surface area contributed by atoms with Crippen molar-refractivity contribution >= 4 is 11.8 Å². The summed E-state index contributed by atoms with van der Waals surface area (Å²) in [5.41, 5.74) is 8.35. The van der Waals surface area contributed by atoms with Crippen molar-refractivity contribution in [2.24, 2.45) is 5.73 Å². The van der Waals surface area contributed by atoms with Crippen LogP contribution in [0, 0.1) is 13.8 Å². The van der Waals surface area contributed by atoms with Gasteiger partial charge in [-0.15, -0.1) is 10.2 Å². The van der Waals surface area contributed by atoms with Crippen molar-refractivity contribution in [1.82, 2.24) is 10.2 Å². The highest BCUT2D eigenvalue weighted by molar-refractivity contribution is 7.99. The number of ether oxygens (including phenoxy) is 1. The van der Waals surface area contributed by atoms with Crippen LogP contribution in [-0.2, 0) is 0 Å². The molecule has 102 valence electrons. The summed E-state index contributed by atoms with van der Waals surface area (Å²) in [4.78, 5) is 0. The zero-order chi connectivity index (χ0) is 13.8. The summed E-state index contributed by atoms with van der Waals surface area (Å²) in [6, 6.07) is 5.84. The number of thioether (sulfide) groups is 1. The molecule has 0 radical (unpaired) electrons. The number of rotatable bonds is 5. The maximum absolute atomic E-state index is 6.20.